The zero-order chi connectivity index (χ0) is 10.6. The summed E-state index contributed by atoms with van der Waals surface area (Å²) in [5.41, 5.74) is 6.27. The van der Waals surface area contributed by atoms with Gasteiger partial charge in [-0.15, -0.1) is 0 Å². The third kappa shape index (κ3) is 3.02. The number of nitrogens with two attached hydrogens (primary N) is 1. The lowest BCUT2D eigenvalue weighted by Gasteiger charge is -2.08. The highest BCUT2D eigenvalue weighted by Crippen LogP contribution is 2.15. The van der Waals surface area contributed by atoms with Gasteiger partial charge in [0.05, 0.1) is 11.9 Å². The lowest BCUT2D eigenvalue weighted by molar-refractivity contribution is -0.137. The number of carboxylic acid groups (broad SMARTS) is 1. The van der Waals surface area contributed by atoms with Gasteiger partial charge < -0.3 is 15.9 Å². The summed E-state index contributed by atoms with van der Waals surface area (Å²) in [6.07, 6.45) is 1.65. The van der Waals surface area contributed by atoms with Crippen LogP contribution in [0.2, 0.25) is 0 Å². The third-order valence-corrected chi connectivity index (χ3v) is 1.82. The predicted octanol–water partition coefficient (Wildman–Crippen LogP) is 0.652. The van der Waals surface area contributed by atoms with Gasteiger partial charge in [0.2, 0.25) is 0 Å². The van der Waals surface area contributed by atoms with Crippen molar-refractivity contribution in [3.63, 3.8) is 0 Å². The highest BCUT2D eigenvalue weighted by Gasteiger charge is 2.09. The second kappa shape index (κ2) is 4.57. The molecule has 0 radical (unpaired) electrons. The fraction of sp³-hybridized carbons (Fsp3) is 0.333. The Morgan fingerprint density at radius 3 is 2.79 bits per heavy atom. The number of nitrogens with zero attached hydrogens (tertiary/aromatic N) is 1. The largest absolute Gasteiger partial charge is 0.506 e. The Balaban J connectivity index is 2.56. The maximum absolute atomic E-state index is 10.3. The normalized spacial score (nSPS) is 12.4. The molecule has 1 aromatic rings. The number of aromatic nitrogens is 1. The second-order valence-corrected chi connectivity index (χ2v) is 2.98. The van der Waals surface area contributed by atoms with Crippen molar-refractivity contribution >= 4 is 5.97 Å². The molecule has 0 bridgehead atoms. The molecule has 14 heavy (non-hydrogen) atoms. The molecule has 0 saturated heterocycles. The standard InChI is InChI=1S/C9H12N2O3/c10-7(2-4-9(13)14)8-3-1-6(12)5-11-8/h1,3,5,7,12H,2,4,10H2,(H,13,14)/t7-/m0/s1. The average Bonchev–Trinajstić information content (AvgIpc) is 2.15. The van der Waals surface area contributed by atoms with Crippen LogP contribution in [0.4, 0.5) is 0 Å². The molecule has 0 aromatic carbocycles. The van der Waals surface area contributed by atoms with E-state index in [2.05, 4.69) is 4.98 Å². The minimum atomic E-state index is -0.876. The molecule has 0 saturated carbocycles. The molecular formula is C9H12N2O3. The number of hydrogen-bond acceptors (Lipinski definition) is 4. The maximum atomic E-state index is 10.3. The van der Waals surface area contributed by atoms with Crippen molar-refractivity contribution < 1.29 is 15.0 Å². The average molecular weight is 196 g/mol. The van der Waals surface area contributed by atoms with Crippen LogP contribution in [0.1, 0.15) is 24.6 Å². The molecule has 5 nitrogen and oxygen atoms in total. The van der Waals surface area contributed by atoms with Gasteiger partial charge in [-0.3, -0.25) is 9.78 Å². The molecule has 0 aliphatic carbocycles. The number of carbonyl (C=O) groups is 1. The SMILES string of the molecule is N[C@@H](CCC(=O)O)c1ccc(O)cn1. The lowest BCUT2D eigenvalue weighted by atomic mass is 10.1. The van der Waals surface area contributed by atoms with Crippen molar-refractivity contribution in [1.29, 1.82) is 0 Å². The first-order valence-corrected chi connectivity index (χ1v) is 4.22. The van der Waals surface area contributed by atoms with E-state index in [4.69, 9.17) is 15.9 Å². The van der Waals surface area contributed by atoms with E-state index < -0.39 is 12.0 Å². The fourth-order valence-corrected chi connectivity index (χ4v) is 1.04. The Morgan fingerprint density at radius 2 is 2.29 bits per heavy atom. The summed E-state index contributed by atoms with van der Waals surface area (Å²) in [5, 5.41) is 17.4. The third-order valence-electron chi connectivity index (χ3n) is 1.82. The van der Waals surface area contributed by atoms with E-state index in [-0.39, 0.29) is 12.2 Å². The molecule has 5 heteroatoms. The van der Waals surface area contributed by atoms with Crippen LogP contribution in [-0.2, 0) is 4.79 Å². The Bertz CT molecular complexity index is 310. The van der Waals surface area contributed by atoms with Gasteiger partial charge in [0.15, 0.2) is 0 Å². The van der Waals surface area contributed by atoms with Crippen molar-refractivity contribution in [3.05, 3.63) is 24.0 Å². The highest BCUT2D eigenvalue weighted by atomic mass is 16.4. The molecule has 0 aliphatic heterocycles. The Kier molecular flexibility index (Phi) is 3.41. The van der Waals surface area contributed by atoms with Crippen LogP contribution in [0.5, 0.6) is 5.75 Å². The second-order valence-electron chi connectivity index (χ2n) is 2.98. The van der Waals surface area contributed by atoms with Crippen LogP contribution >= 0.6 is 0 Å². The summed E-state index contributed by atoms with van der Waals surface area (Å²) >= 11 is 0. The van der Waals surface area contributed by atoms with E-state index in [1.54, 1.807) is 6.07 Å². The first-order valence-electron chi connectivity index (χ1n) is 4.22. The van der Waals surface area contributed by atoms with Crippen molar-refractivity contribution in [2.45, 2.75) is 18.9 Å². The number of aliphatic carboxylic acids is 1. The predicted molar refractivity (Wildman–Crippen MR) is 49.7 cm³/mol. The van der Waals surface area contributed by atoms with Gasteiger partial charge in [0, 0.05) is 12.5 Å². The summed E-state index contributed by atoms with van der Waals surface area (Å²) < 4.78 is 0. The molecular weight excluding hydrogens is 184 g/mol. The van der Waals surface area contributed by atoms with Crippen LogP contribution in [-0.4, -0.2) is 21.2 Å². The highest BCUT2D eigenvalue weighted by molar-refractivity contribution is 5.66. The van der Waals surface area contributed by atoms with Crippen molar-refractivity contribution in [2.24, 2.45) is 5.73 Å². The van der Waals surface area contributed by atoms with Gasteiger partial charge in [-0.25, -0.2) is 0 Å². The van der Waals surface area contributed by atoms with E-state index in [0.29, 0.717) is 12.1 Å². The molecule has 0 aliphatic rings. The van der Waals surface area contributed by atoms with E-state index in [0.717, 1.165) is 0 Å². The van der Waals surface area contributed by atoms with Gasteiger partial charge in [0.25, 0.3) is 0 Å². The molecule has 4 N–H and O–H groups in total. The molecule has 1 rings (SSSR count). The number of aromatic hydroxyl groups is 1. The molecule has 0 unspecified atom stereocenters. The van der Waals surface area contributed by atoms with Crippen LogP contribution in [0, 0.1) is 0 Å². The van der Waals surface area contributed by atoms with Gasteiger partial charge in [-0.2, -0.15) is 0 Å². The summed E-state index contributed by atoms with van der Waals surface area (Å²) in [7, 11) is 0. The smallest absolute Gasteiger partial charge is 0.303 e. The minimum Gasteiger partial charge on any atom is -0.506 e. The van der Waals surface area contributed by atoms with Crippen LogP contribution in [0.3, 0.4) is 0 Å². The number of rotatable bonds is 4. The van der Waals surface area contributed by atoms with Gasteiger partial charge in [0.1, 0.15) is 5.75 Å². The summed E-state index contributed by atoms with van der Waals surface area (Å²) in [5.74, 6) is -0.807. The molecule has 1 heterocycles. The van der Waals surface area contributed by atoms with E-state index in [9.17, 15) is 4.79 Å². The molecule has 0 amide bonds. The van der Waals surface area contributed by atoms with E-state index >= 15 is 0 Å². The Labute approximate surface area is 81.2 Å². The summed E-state index contributed by atoms with van der Waals surface area (Å²) in [6, 6.07) is 2.66. The first kappa shape index (κ1) is 10.5. The zero-order valence-electron chi connectivity index (χ0n) is 7.55. The monoisotopic (exact) mass is 196 g/mol. The van der Waals surface area contributed by atoms with Gasteiger partial charge in [-0.1, -0.05) is 0 Å². The molecule has 0 spiro atoms. The fourth-order valence-electron chi connectivity index (χ4n) is 1.04. The lowest BCUT2D eigenvalue weighted by Crippen LogP contribution is -2.13. The number of pyridine rings is 1. The Hall–Kier alpha value is -1.62. The molecule has 1 aromatic heterocycles. The van der Waals surface area contributed by atoms with Crippen molar-refractivity contribution in [1.82, 2.24) is 4.98 Å². The maximum Gasteiger partial charge on any atom is 0.303 e. The Morgan fingerprint density at radius 1 is 1.57 bits per heavy atom. The van der Waals surface area contributed by atoms with Gasteiger partial charge >= 0.3 is 5.97 Å². The van der Waals surface area contributed by atoms with Crippen molar-refractivity contribution in [3.8, 4) is 5.75 Å². The topological polar surface area (TPSA) is 96.4 Å². The van der Waals surface area contributed by atoms with Crippen molar-refractivity contribution in [2.75, 3.05) is 0 Å². The van der Waals surface area contributed by atoms with Gasteiger partial charge in [-0.05, 0) is 18.6 Å². The minimum absolute atomic E-state index is 0.0176. The van der Waals surface area contributed by atoms with E-state index in [1.165, 1.54) is 12.3 Å². The van der Waals surface area contributed by atoms with E-state index in [1.807, 2.05) is 0 Å². The summed E-state index contributed by atoms with van der Waals surface area (Å²) in [4.78, 5) is 14.2. The first-order chi connectivity index (χ1) is 6.59. The quantitative estimate of drug-likeness (QED) is 0.657. The zero-order valence-corrected chi connectivity index (χ0v) is 7.55. The molecule has 0 fully saturated rings. The summed E-state index contributed by atoms with van der Waals surface area (Å²) in [6.45, 7) is 0. The van der Waals surface area contributed by atoms with Crippen LogP contribution < -0.4 is 5.73 Å². The molecule has 76 valence electrons. The number of carboxylic acids is 1. The number of hydrogen-bond donors (Lipinski definition) is 3. The van der Waals surface area contributed by atoms with Crippen LogP contribution in [0.15, 0.2) is 18.3 Å². The van der Waals surface area contributed by atoms with Crippen LogP contribution in [0.25, 0.3) is 0 Å². The molecule has 1 atom stereocenters.